The van der Waals surface area contributed by atoms with Crippen molar-refractivity contribution in [3.63, 3.8) is 0 Å². The molecule has 0 aliphatic carbocycles. The van der Waals surface area contributed by atoms with Crippen LogP contribution in [-0.2, 0) is 11.3 Å². The van der Waals surface area contributed by atoms with Gasteiger partial charge in [0.15, 0.2) is 5.75 Å². The van der Waals surface area contributed by atoms with E-state index in [2.05, 4.69) is 4.90 Å². The fraction of sp³-hybridized carbons (Fsp3) is 0.217. The number of fused-ring (bicyclic) bond motifs is 2. The van der Waals surface area contributed by atoms with Gasteiger partial charge in [-0.15, -0.1) is 0 Å². The number of hydrogen-bond donors (Lipinski definition) is 1. The Hall–Kier alpha value is -3.53. The van der Waals surface area contributed by atoms with Crippen molar-refractivity contribution in [2.45, 2.75) is 6.54 Å². The summed E-state index contributed by atoms with van der Waals surface area (Å²) in [6.07, 6.45) is 0. The lowest BCUT2D eigenvalue weighted by Gasteiger charge is -2.27. The Labute approximate surface area is 180 Å². The Kier molecular flexibility index (Phi) is 5.22. The molecule has 5 rings (SSSR count). The van der Waals surface area contributed by atoms with Gasteiger partial charge in [0.25, 0.3) is 0 Å². The maximum Gasteiger partial charge on any atom is 0.344 e. The molecule has 2 N–H and O–H groups in total. The van der Waals surface area contributed by atoms with Gasteiger partial charge in [-0.05, 0) is 36.4 Å². The predicted octanol–water partition coefficient (Wildman–Crippen LogP) is 2.79. The highest BCUT2D eigenvalue weighted by molar-refractivity contribution is 5.97. The maximum absolute atomic E-state index is 13.7. The summed E-state index contributed by atoms with van der Waals surface area (Å²) >= 11 is 0. The molecule has 8 nitrogen and oxygen atoms in total. The quantitative estimate of drug-likeness (QED) is 0.383. The third kappa shape index (κ3) is 3.66. The van der Waals surface area contributed by atoms with E-state index < -0.39 is 17.1 Å². The van der Waals surface area contributed by atoms with Crippen LogP contribution in [0.25, 0.3) is 33.1 Å². The molecule has 32 heavy (non-hydrogen) atoms. The maximum atomic E-state index is 13.7. The zero-order chi connectivity index (χ0) is 22.2. The first-order chi connectivity index (χ1) is 15.5. The van der Waals surface area contributed by atoms with Gasteiger partial charge < -0.3 is 18.4 Å². The van der Waals surface area contributed by atoms with Crippen LogP contribution in [0, 0.1) is 5.82 Å². The normalized spacial score (nSPS) is 14.8. The number of nitrogens with two attached hydrogens (primary N) is 1. The third-order valence-corrected chi connectivity index (χ3v) is 5.57. The molecular formula is C23H19FN2O6. The van der Waals surface area contributed by atoms with E-state index in [0.717, 1.165) is 0 Å². The first-order valence-corrected chi connectivity index (χ1v) is 10.0. The Bertz CT molecular complexity index is 1440. The fourth-order valence-electron chi connectivity index (χ4n) is 4.01. The van der Waals surface area contributed by atoms with Crippen molar-refractivity contribution in [3.8, 4) is 16.9 Å². The summed E-state index contributed by atoms with van der Waals surface area (Å²) in [6, 6.07) is 9.91. The molecule has 164 valence electrons. The van der Waals surface area contributed by atoms with Crippen LogP contribution in [0.3, 0.4) is 0 Å². The minimum absolute atomic E-state index is 0.125. The van der Waals surface area contributed by atoms with Crippen molar-refractivity contribution in [2.24, 2.45) is 5.90 Å². The molecule has 0 amide bonds. The van der Waals surface area contributed by atoms with E-state index in [0.29, 0.717) is 60.5 Å². The van der Waals surface area contributed by atoms with E-state index in [9.17, 15) is 14.0 Å². The van der Waals surface area contributed by atoms with Crippen molar-refractivity contribution >= 4 is 21.9 Å². The molecule has 2 aromatic carbocycles. The van der Waals surface area contributed by atoms with Gasteiger partial charge in [-0.1, -0.05) is 0 Å². The predicted molar refractivity (Wildman–Crippen MR) is 115 cm³/mol. The van der Waals surface area contributed by atoms with Gasteiger partial charge in [-0.25, -0.2) is 14.0 Å². The highest BCUT2D eigenvalue weighted by Gasteiger charge is 2.21. The SMILES string of the molecule is NOc1ccc2c(-c3cc4cc(F)ccc4oc3=O)cc(=O)oc2c1CN1CCOCC1. The lowest BCUT2D eigenvalue weighted by molar-refractivity contribution is 0.0338. The summed E-state index contributed by atoms with van der Waals surface area (Å²) < 4.78 is 30.0. The molecule has 0 bridgehead atoms. The third-order valence-electron chi connectivity index (χ3n) is 5.57. The number of nitrogens with zero attached hydrogens (tertiary/aromatic N) is 1. The van der Waals surface area contributed by atoms with Gasteiger partial charge in [-0.2, -0.15) is 5.90 Å². The molecule has 4 aromatic rings. The molecule has 1 aliphatic rings. The van der Waals surface area contributed by atoms with Gasteiger partial charge in [0.2, 0.25) is 0 Å². The summed E-state index contributed by atoms with van der Waals surface area (Å²) in [5.41, 5.74) is 0.248. The van der Waals surface area contributed by atoms with Crippen LogP contribution in [0.15, 0.2) is 60.9 Å². The molecule has 0 atom stereocenters. The summed E-state index contributed by atoms with van der Waals surface area (Å²) in [6.45, 7) is 2.99. The van der Waals surface area contributed by atoms with Crippen molar-refractivity contribution in [2.75, 3.05) is 26.3 Å². The lowest BCUT2D eigenvalue weighted by atomic mass is 9.99. The number of morpholine rings is 1. The number of benzene rings is 2. The average Bonchev–Trinajstić information content (AvgIpc) is 2.79. The fourth-order valence-corrected chi connectivity index (χ4v) is 4.01. The van der Waals surface area contributed by atoms with Crippen LogP contribution >= 0.6 is 0 Å². The molecule has 0 spiro atoms. The smallest absolute Gasteiger partial charge is 0.344 e. The monoisotopic (exact) mass is 438 g/mol. The summed E-state index contributed by atoms with van der Waals surface area (Å²) in [5, 5.41) is 0.910. The van der Waals surface area contributed by atoms with Gasteiger partial charge in [0.05, 0.1) is 24.3 Å². The highest BCUT2D eigenvalue weighted by Crippen LogP contribution is 2.34. The second-order valence-electron chi connectivity index (χ2n) is 7.53. The second-order valence-corrected chi connectivity index (χ2v) is 7.53. The molecule has 1 fully saturated rings. The molecule has 1 aliphatic heterocycles. The van der Waals surface area contributed by atoms with Crippen LogP contribution in [0.4, 0.5) is 4.39 Å². The first kappa shape index (κ1) is 20.4. The number of hydrogen-bond acceptors (Lipinski definition) is 8. The topological polar surface area (TPSA) is 108 Å². The molecule has 3 heterocycles. The summed E-state index contributed by atoms with van der Waals surface area (Å²) in [5.74, 6) is 5.36. The minimum atomic E-state index is -0.649. The molecule has 0 saturated carbocycles. The van der Waals surface area contributed by atoms with Gasteiger partial charge in [0, 0.05) is 42.0 Å². The molecular weight excluding hydrogens is 419 g/mol. The Balaban J connectivity index is 1.74. The number of rotatable bonds is 4. The van der Waals surface area contributed by atoms with E-state index in [-0.39, 0.29) is 16.7 Å². The largest absolute Gasteiger partial charge is 0.422 e. The van der Waals surface area contributed by atoms with Crippen LogP contribution in [0.2, 0.25) is 0 Å². The van der Waals surface area contributed by atoms with Crippen LogP contribution in [0.1, 0.15) is 5.56 Å². The van der Waals surface area contributed by atoms with E-state index in [4.69, 9.17) is 24.3 Å². The highest BCUT2D eigenvalue weighted by atomic mass is 19.1. The minimum Gasteiger partial charge on any atom is -0.422 e. The van der Waals surface area contributed by atoms with Crippen molar-refractivity contribution in [3.05, 3.63) is 74.7 Å². The Morgan fingerprint density at radius 1 is 1.00 bits per heavy atom. The number of halogens is 1. The molecule has 2 aromatic heterocycles. The van der Waals surface area contributed by atoms with Crippen molar-refractivity contribution in [1.29, 1.82) is 0 Å². The standard InChI is InChI=1S/C23H19FN2O6/c24-14-1-3-19-13(9-14)10-17(23(28)30-19)16-11-21(27)31-22-15(16)2-4-20(32-25)18(22)12-26-5-7-29-8-6-26/h1-4,9-11H,5-8,12,25H2. The molecule has 0 unspecified atom stereocenters. The summed E-state index contributed by atoms with van der Waals surface area (Å²) in [4.78, 5) is 32.4. The lowest BCUT2D eigenvalue weighted by Crippen LogP contribution is -2.35. The van der Waals surface area contributed by atoms with Gasteiger partial charge in [-0.3, -0.25) is 4.90 Å². The Morgan fingerprint density at radius 3 is 2.59 bits per heavy atom. The molecule has 1 saturated heterocycles. The van der Waals surface area contributed by atoms with Gasteiger partial charge in [0.1, 0.15) is 17.0 Å². The molecule has 0 radical (unpaired) electrons. The van der Waals surface area contributed by atoms with E-state index >= 15 is 0 Å². The van der Waals surface area contributed by atoms with E-state index in [1.165, 1.54) is 30.3 Å². The number of ether oxygens (including phenoxy) is 1. The Morgan fingerprint density at radius 2 is 1.81 bits per heavy atom. The van der Waals surface area contributed by atoms with Crippen LogP contribution in [0.5, 0.6) is 5.75 Å². The zero-order valence-corrected chi connectivity index (χ0v) is 16.9. The van der Waals surface area contributed by atoms with Crippen molar-refractivity contribution in [1.82, 2.24) is 4.90 Å². The van der Waals surface area contributed by atoms with Crippen LogP contribution in [-0.4, -0.2) is 31.2 Å². The first-order valence-electron chi connectivity index (χ1n) is 10.0. The molecule has 9 heteroatoms. The zero-order valence-electron chi connectivity index (χ0n) is 16.9. The average molecular weight is 438 g/mol. The van der Waals surface area contributed by atoms with Gasteiger partial charge >= 0.3 is 11.3 Å². The van der Waals surface area contributed by atoms with Crippen LogP contribution < -0.4 is 22.0 Å². The second kappa shape index (κ2) is 8.19. The van der Waals surface area contributed by atoms with Crippen molar-refractivity contribution < 1.29 is 22.8 Å². The summed E-state index contributed by atoms with van der Waals surface area (Å²) in [7, 11) is 0. The van der Waals surface area contributed by atoms with E-state index in [1.54, 1.807) is 12.1 Å². The van der Waals surface area contributed by atoms with E-state index in [1.807, 2.05) is 0 Å².